The average Bonchev–Trinajstić information content (AvgIpc) is 3.07. The number of aryl methyl sites for hydroxylation is 1. The van der Waals surface area contributed by atoms with Crippen molar-refractivity contribution < 1.29 is 9.59 Å². The molecule has 25 heavy (non-hydrogen) atoms. The van der Waals surface area contributed by atoms with Crippen molar-refractivity contribution >= 4 is 23.2 Å². The van der Waals surface area contributed by atoms with E-state index in [0.29, 0.717) is 26.2 Å². The van der Waals surface area contributed by atoms with Crippen molar-refractivity contribution in [1.82, 2.24) is 9.80 Å². The van der Waals surface area contributed by atoms with E-state index in [-0.39, 0.29) is 11.8 Å². The quantitative estimate of drug-likeness (QED) is 0.846. The lowest BCUT2D eigenvalue weighted by Crippen LogP contribution is -2.54. The molecule has 1 aliphatic heterocycles. The molecule has 0 N–H and O–H groups in total. The van der Waals surface area contributed by atoms with Crippen LogP contribution in [0.5, 0.6) is 0 Å². The number of hydrogen-bond acceptors (Lipinski definition) is 3. The molecule has 0 bridgehead atoms. The summed E-state index contributed by atoms with van der Waals surface area (Å²) in [5, 5.41) is 1.95. The number of piperazine rings is 1. The van der Waals surface area contributed by atoms with Crippen LogP contribution in [0.3, 0.4) is 0 Å². The Morgan fingerprint density at radius 2 is 1.56 bits per heavy atom. The topological polar surface area (TPSA) is 40.6 Å². The molecule has 5 heteroatoms. The van der Waals surface area contributed by atoms with Gasteiger partial charge in [-0.1, -0.05) is 30.3 Å². The standard InChI is InChI=1S/C20H24N2O2S/c1-15-9-14-25-17(15)18(23)21-10-12-22(13-11-21)19(24)20(2,3)16-7-5-4-6-8-16/h4-9,14H,10-13H2,1-3H3. The van der Waals surface area contributed by atoms with Crippen molar-refractivity contribution in [2.75, 3.05) is 26.2 Å². The molecule has 0 radical (unpaired) electrons. The third-order valence-corrected chi connectivity index (χ3v) is 5.95. The van der Waals surface area contributed by atoms with Crippen molar-refractivity contribution in [3.63, 3.8) is 0 Å². The number of hydrogen-bond donors (Lipinski definition) is 0. The van der Waals surface area contributed by atoms with Gasteiger partial charge in [-0.15, -0.1) is 11.3 Å². The van der Waals surface area contributed by atoms with Crippen LogP contribution in [0.4, 0.5) is 0 Å². The number of benzene rings is 1. The SMILES string of the molecule is Cc1ccsc1C(=O)N1CCN(C(=O)C(C)(C)c2ccccc2)CC1. The van der Waals surface area contributed by atoms with E-state index in [9.17, 15) is 9.59 Å². The molecule has 1 aromatic carbocycles. The molecule has 3 rings (SSSR count). The van der Waals surface area contributed by atoms with Gasteiger partial charge in [0.1, 0.15) is 0 Å². The zero-order valence-corrected chi connectivity index (χ0v) is 15.8. The van der Waals surface area contributed by atoms with Gasteiger partial charge in [-0.3, -0.25) is 9.59 Å². The van der Waals surface area contributed by atoms with Gasteiger partial charge in [0, 0.05) is 26.2 Å². The third kappa shape index (κ3) is 3.47. The van der Waals surface area contributed by atoms with Crippen LogP contribution in [0.1, 0.15) is 34.6 Å². The van der Waals surface area contributed by atoms with Crippen molar-refractivity contribution in [3.05, 3.63) is 57.8 Å². The highest BCUT2D eigenvalue weighted by molar-refractivity contribution is 7.12. The summed E-state index contributed by atoms with van der Waals surface area (Å²) in [6.45, 7) is 8.26. The lowest BCUT2D eigenvalue weighted by Gasteiger charge is -2.38. The second-order valence-electron chi connectivity index (χ2n) is 7.01. The predicted molar refractivity (Wildman–Crippen MR) is 101 cm³/mol. The lowest BCUT2D eigenvalue weighted by molar-refractivity contribution is -0.137. The van der Waals surface area contributed by atoms with Crippen molar-refractivity contribution in [3.8, 4) is 0 Å². The molecular weight excluding hydrogens is 332 g/mol. The fourth-order valence-electron chi connectivity index (χ4n) is 3.22. The number of carbonyl (C=O) groups excluding carboxylic acids is 2. The molecule has 0 unspecified atom stereocenters. The fraction of sp³-hybridized carbons (Fsp3) is 0.400. The zero-order chi connectivity index (χ0) is 18.0. The van der Waals surface area contributed by atoms with Gasteiger partial charge in [-0.05, 0) is 43.3 Å². The first-order valence-corrected chi connectivity index (χ1v) is 9.47. The maximum absolute atomic E-state index is 13.0. The van der Waals surface area contributed by atoms with Gasteiger partial charge in [0.15, 0.2) is 0 Å². The van der Waals surface area contributed by atoms with Gasteiger partial charge >= 0.3 is 0 Å². The summed E-state index contributed by atoms with van der Waals surface area (Å²) in [6.07, 6.45) is 0. The summed E-state index contributed by atoms with van der Waals surface area (Å²) >= 11 is 1.49. The summed E-state index contributed by atoms with van der Waals surface area (Å²) in [5.74, 6) is 0.208. The first kappa shape index (κ1) is 17.7. The first-order chi connectivity index (χ1) is 11.9. The second-order valence-corrected chi connectivity index (χ2v) is 7.92. The molecule has 1 fully saturated rings. The fourth-order valence-corrected chi connectivity index (χ4v) is 4.11. The molecule has 2 aromatic rings. The van der Waals surface area contributed by atoms with Crippen molar-refractivity contribution in [1.29, 1.82) is 0 Å². The summed E-state index contributed by atoms with van der Waals surface area (Å²) in [5.41, 5.74) is 1.49. The Morgan fingerprint density at radius 3 is 2.12 bits per heavy atom. The van der Waals surface area contributed by atoms with E-state index in [1.165, 1.54) is 11.3 Å². The molecule has 1 aliphatic rings. The Balaban J connectivity index is 1.65. The second kappa shape index (κ2) is 7.00. The molecular formula is C20H24N2O2S. The Kier molecular flexibility index (Phi) is 4.95. The molecule has 0 atom stereocenters. The van der Waals surface area contributed by atoms with E-state index >= 15 is 0 Å². The van der Waals surface area contributed by atoms with Crippen LogP contribution in [0, 0.1) is 6.92 Å². The van der Waals surface area contributed by atoms with Crippen LogP contribution in [-0.2, 0) is 10.2 Å². The van der Waals surface area contributed by atoms with Crippen LogP contribution in [0.2, 0.25) is 0 Å². The minimum Gasteiger partial charge on any atom is -0.338 e. The normalized spacial score (nSPS) is 15.3. The Bertz CT molecular complexity index is 759. The average molecular weight is 356 g/mol. The minimum absolute atomic E-state index is 0.0851. The van der Waals surface area contributed by atoms with Gasteiger partial charge in [0.25, 0.3) is 5.91 Å². The van der Waals surface area contributed by atoms with E-state index in [4.69, 9.17) is 0 Å². The maximum atomic E-state index is 13.0. The molecule has 2 heterocycles. The van der Waals surface area contributed by atoms with Crippen LogP contribution in [0.15, 0.2) is 41.8 Å². The van der Waals surface area contributed by atoms with Crippen LogP contribution < -0.4 is 0 Å². The highest BCUT2D eigenvalue weighted by Crippen LogP contribution is 2.26. The highest BCUT2D eigenvalue weighted by atomic mass is 32.1. The summed E-state index contributed by atoms with van der Waals surface area (Å²) in [6, 6.07) is 11.9. The number of nitrogens with zero attached hydrogens (tertiary/aromatic N) is 2. The molecule has 2 amide bonds. The Morgan fingerprint density at radius 1 is 0.960 bits per heavy atom. The molecule has 132 valence electrons. The molecule has 0 saturated carbocycles. The van der Waals surface area contributed by atoms with E-state index in [0.717, 1.165) is 16.0 Å². The van der Waals surface area contributed by atoms with Crippen LogP contribution >= 0.6 is 11.3 Å². The summed E-state index contributed by atoms with van der Waals surface area (Å²) in [7, 11) is 0. The van der Waals surface area contributed by atoms with Crippen molar-refractivity contribution in [2.45, 2.75) is 26.2 Å². The Hall–Kier alpha value is -2.14. The smallest absolute Gasteiger partial charge is 0.264 e. The zero-order valence-electron chi connectivity index (χ0n) is 15.0. The molecule has 0 aliphatic carbocycles. The van der Waals surface area contributed by atoms with E-state index < -0.39 is 5.41 Å². The van der Waals surface area contributed by atoms with Crippen molar-refractivity contribution in [2.24, 2.45) is 0 Å². The van der Waals surface area contributed by atoms with Gasteiger partial charge < -0.3 is 9.80 Å². The first-order valence-electron chi connectivity index (χ1n) is 8.59. The monoisotopic (exact) mass is 356 g/mol. The van der Waals surface area contributed by atoms with E-state index in [1.807, 2.05) is 72.3 Å². The van der Waals surface area contributed by atoms with Gasteiger partial charge in [-0.2, -0.15) is 0 Å². The summed E-state index contributed by atoms with van der Waals surface area (Å²) < 4.78 is 0. The largest absolute Gasteiger partial charge is 0.338 e. The van der Waals surface area contributed by atoms with E-state index in [2.05, 4.69) is 0 Å². The lowest BCUT2D eigenvalue weighted by atomic mass is 9.83. The van der Waals surface area contributed by atoms with Gasteiger partial charge in [0.05, 0.1) is 10.3 Å². The predicted octanol–water partition coefficient (Wildman–Crippen LogP) is 3.32. The Labute approximate surface area is 153 Å². The highest BCUT2D eigenvalue weighted by Gasteiger charge is 2.35. The third-order valence-electron chi connectivity index (χ3n) is 4.94. The number of thiophene rings is 1. The maximum Gasteiger partial charge on any atom is 0.264 e. The summed E-state index contributed by atoms with van der Waals surface area (Å²) in [4.78, 5) is 30.2. The number of carbonyl (C=O) groups is 2. The minimum atomic E-state index is -0.558. The van der Waals surface area contributed by atoms with Crippen LogP contribution in [-0.4, -0.2) is 47.8 Å². The molecule has 1 aromatic heterocycles. The molecule has 0 spiro atoms. The van der Waals surface area contributed by atoms with E-state index in [1.54, 1.807) is 0 Å². The van der Waals surface area contributed by atoms with Crippen LogP contribution in [0.25, 0.3) is 0 Å². The molecule has 1 saturated heterocycles. The van der Waals surface area contributed by atoms with Gasteiger partial charge in [0.2, 0.25) is 5.91 Å². The van der Waals surface area contributed by atoms with Gasteiger partial charge in [-0.25, -0.2) is 0 Å². The molecule has 4 nitrogen and oxygen atoms in total. The number of rotatable bonds is 3. The number of amides is 2.